The zero-order chi connectivity index (χ0) is 10.8. The first kappa shape index (κ1) is 9.65. The quantitative estimate of drug-likeness (QED) is 0.772. The zero-order valence-electron chi connectivity index (χ0n) is 8.37. The van der Waals surface area contributed by atoms with E-state index in [1.165, 1.54) is 6.07 Å². The third-order valence-electron chi connectivity index (χ3n) is 2.16. The Bertz CT molecular complexity index is 474. The Morgan fingerprint density at radius 2 is 1.93 bits per heavy atom. The molecule has 0 amide bonds. The van der Waals surface area contributed by atoms with Gasteiger partial charge in [-0.2, -0.15) is 0 Å². The number of pyridine rings is 1. The van der Waals surface area contributed by atoms with Gasteiger partial charge in [0.2, 0.25) is 0 Å². The molecule has 15 heavy (non-hydrogen) atoms. The van der Waals surface area contributed by atoms with Crippen LogP contribution < -0.4 is 5.73 Å². The number of rotatable bonds is 1. The van der Waals surface area contributed by atoms with E-state index < -0.39 is 0 Å². The van der Waals surface area contributed by atoms with Crippen LogP contribution in [0.1, 0.15) is 5.69 Å². The van der Waals surface area contributed by atoms with Crippen molar-refractivity contribution in [1.82, 2.24) is 4.98 Å². The maximum absolute atomic E-state index is 13.5. The molecule has 0 aliphatic heterocycles. The molecule has 2 rings (SSSR count). The minimum atomic E-state index is -0.248. The molecule has 0 aliphatic carbocycles. The lowest BCUT2D eigenvalue weighted by Crippen LogP contribution is -1.94. The SMILES string of the molecule is Cc1cc(-c2ccccc2F)cc(N)n1. The highest BCUT2D eigenvalue weighted by Gasteiger charge is 2.05. The van der Waals surface area contributed by atoms with E-state index >= 15 is 0 Å². The highest BCUT2D eigenvalue weighted by Crippen LogP contribution is 2.24. The summed E-state index contributed by atoms with van der Waals surface area (Å²) in [5, 5.41) is 0. The Kier molecular flexibility index (Phi) is 2.37. The molecule has 2 aromatic rings. The van der Waals surface area contributed by atoms with Crippen molar-refractivity contribution >= 4 is 5.82 Å². The molecule has 0 radical (unpaired) electrons. The van der Waals surface area contributed by atoms with Crippen molar-refractivity contribution in [3.63, 3.8) is 0 Å². The molecule has 0 saturated heterocycles. The topological polar surface area (TPSA) is 38.9 Å². The first-order chi connectivity index (χ1) is 7.16. The van der Waals surface area contributed by atoms with Crippen molar-refractivity contribution in [3.05, 3.63) is 47.9 Å². The molecule has 0 saturated carbocycles. The highest BCUT2D eigenvalue weighted by molar-refractivity contribution is 5.66. The Morgan fingerprint density at radius 3 is 2.60 bits per heavy atom. The van der Waals surface area contributed by atoms with Gasteiger partial charge in [-0.1, -0.05) is 18.2 Å². The fourth-order valence-electron chi connectivity index (χ4n) is 1.55. The van der Waals surface area contributed by atoms with Gasteiger partial charge in [0.15, 0.2) is 0 Å². The van der Waals surface area contributed by atoms with Crippen LogP contribution in [0.5, 0.6) is 0 Å². The lowest BCUT2D eigenvalue weighted by molar-refractivity contribution is 0.631. The molecule has 1 aromatic heterocycles. The highest BCUT2D eigenvalue weighted by atomic mass is 19.1. The molecular formula is C12H11FN2. The van der Waals surface area contributed by atoms with Gasteiger partial charge in [-0.25, -0.2) is 9.37 Å². The molecule has 0 aliphatic rings. The van der Waals surface area contributed by atoms with Crippen molar-refractivity contribution in [2.75, 3.05) is 5.73 Å². The van der Waals surface area contributed by atoms with Gasteiger partial charge >= 0.3 is 0 Å². The van der Waals surface area contributed by atoms with E-state index in [2.05, 4.69) is 4.98 Å². The Labute approximate surface area is 87.6 Å². The van der Waals surface area contributed by atoms with E-state index in [1.807, 2.05) is 13.0 Å². The van der Waals surface area contributed by atoms with Gasteiger partial charge in [-0.05, 0) is 30.7 Å². The van der Waals surface area contributed by atoms with Crippen LogP contribution in [-0.4, -0.2) is 4.98 Å². The lowest BCUT2D eigenvalue weighted by Gasteiger charge is -2.05. The molecule has 1 heterocycles. The summed E-state index contributed by atoms with van der Waals surface area (Å²) in [5.74, 6) is 0.163. The van der Waals surface area contributed by atoms with Gasteiger partial charge in [0.1, 0.15) is 11.6 Å². The predicted octanol–water partition coefficient (Wildman–Crippen LogP) is 2.78. The molecule has 0 unspecified atom stereocenters. The van der Waals surface area contributed by atoms with Crippen LogP contribution in [0.25, 0.3) is 11.1 Å². The van der Waals surface area contributed by atoms with Crippen LogP contribution >= 0.6 is 0 Å². The standard InChI is InChI=1S/C12H11FN2/c1-8-6-9(7-12(14)15-8)10-4-2-3-5-11(10)13/h2-7H,1H3,(H2,14,15). The number of aromatic nitrogens is 1. The number of anilines is 1. The number of hydrogen-bond donors (Lipinski definition) is 1. The molecule has 3 heteroatoms. The normalized spacial score (nSPS) is 10.3. The van der Waals surface area contributed by atoms with Crippen molar-refractivity contribution < 1.29 is 4.39 Å². The zero-order valence-corrected chi connectivity index (χ0v) is 8.37. The summed E-state index contributed by atoms with van der Waals surface area (Å²) < 4.78 is 13.5. The second-order valence-corrected chi connectivity index (χ2v) is 3.40. The molecular weight excluding hydrogens is 191 g/mol. The number of nitrogen functional groups attached to an aromatic ring is 1. The van der Waals surface area contributed by atoms with Gasteiger partial charge in [-0.3, -0.25) is 0 Å². The number of hydrogen-bond acceptors (Lipinski definition) is 2. The van der Waals surface area contributed by atoms with Gasteiger partial charge in [-0.15, -0.1) is 0 Å². The molecule has 76 valence electrons. The maximum Gasteiger partial charge on any atom is 0.131 e. The molecule has 1 aromatic carbocycles. The average Bonchev–Trinajstić information content (AvgIpc) is 2.16. The smallest absolute Gasteiger partial charge is 0.131 e. The first-order valence-electron chi connectivity index (χ1n) is 4.66. The summed E-state index contributed by atoms with van der Waals surface area (Å²) >= 11 is 0. The molecule has 0 atom stereocenters. The number of aryl methyl sites for hydroxylation is 1. The molecule has 0 fully saturated rings. The summed E-state index contributed by atoms with van der Waals surface area (Å²) in [7, 11) is 0. The molecule has 0 spiro atoms. The van der Waals surface area contributed by atoms with E-state index in [4.69, 9.17) is 5.73 Å². The largest absolute Gasteiger partial charge is 0.384 e. The van der Waals surface area contributed by atoms with E-state index in [9.17, 15) is 4.39 Å². The van der Waals surface area contributed by atoms with Crippen LogP contribution in [0.15, 0.2) is 36.4 Å². The summed E-state index contributed by atoms with van der Waals surface area (Å²) in [5.41, 5.74) is 7.71. The van der Waals surface area contributed by atoms with Crippen molar-refractivity contribution in [3.8, 4) is 11.1 Å². The fourth-order valence-corrected chi connectivity index (χ4v) is 1.55. The van der Waals surface area contributed by atoms with Crippen molar-refractivity contribution in [2.45, 2.75) is 6.92 Å². The summed E-state index contributed by atoms with van der Waals surface area (Å²) in [6.07, 6.45) is 0. The van der Waals surface area contributed by atoms with Crippen LogP contribution in [0.4, 0.5) is 10.2 Å². The van der Waals surface area contributed by atoms with Crippen LogP contribution in [-0.2, 0) is 0 Å². The maximum atomic E-state index is 13.5. The van der Waals surface area contributed by atoms with Crippen molar-refractivity contribution in [1.29, 1.82) is 0 Å². The summed E-state index contributed by atoms with van der Waals surface area (Å²) in [6.45, 7) is 1.83. The third-order valence-corrected chi connectivity index (χ3v) is 2.16. The van der Waals surface area contributed by atoms with Crippen LogP contribution in [0.3, 0.4) is 0 Å². The first-order valence-corrected chi connectivity index (χ1v) is 4.66. The van der Waals surface area contributed by atoms with Crippen LogP contribution in [0.2, 0.25) is 0 Å². The van der Waals surface area contributed by atoms with Crippen molar-refractivity contribution in [2.24, 2.45) is 0 Å². The minimum absolute atomic E-state index is 0.248. The third kappa shape index (κ3) is 1.96. The number of halogens is 1. The predicted molar refractivity (Wildman–Crippen MR) is 58.8 cm³/mol. The van der Waals surface area contributed by atoms with Gasteiger partial charge in [0.25, 0.3) is 0 Å². The number of benzene rings is 1. The number of nitrogens with two attached hydrogens (primary N) is 1. The Morgan fingerprint density at radius 1 is 1.20 bits per heavy atom. The Balaban J connectivity index is 2.59. The van der Waals surface area contributed by atoms with Gasteiger partial charge < -0.3 is 5.73 Å². The summed E-state index contributed by atoms with van der Waals surface area (Å²) in [6, 6.07) is 10.1. The average molecular weight is 202 g/mol. The second kappa shape index (κ2) is 3.69. The second-order valence-electron chi connectivity index (χ2n) is 3.40. The van der Waals surface area contributed by atoms with Gasteiger partial charge in [0, 0.05) is 11.3 Å². The van der Waals surface area contributed by atoms with E-state index in [0.29, 0.717) is 11.4 Å². The van der Waals surface area contributed by atoms with E-state index in [0.717, 1.165) is 11.3 Å². The van der Waals surface area contributed by atoms with Crippen LogP contribution in [0, 0.1) is 12.7 Å². The fraction of sp³-hybridized carbons (Fsp3) is 0.0833. The molecule has 2 nitrogen and oxygen atoms in total. The minimum Gasteiger partial charge on any atom is -0.384 e. The monoisotopic (exact) mass is 202 g/mol. The van der Waals surface area contributed by atoms with Gasteiger partial charge in [0.05, 0.1) is 0 Å². The lowest BCUT2D eigenvalue weighted by atomic mass is 10.1. The van der Waals surface area contributed by atoms with E-state index in [-0.39, 0.29) is 5.82 Å². The summed E-state index contributed by atoms with van der Waals surface area (Å²) in [4.78, 5) is 4.04. The Hall–Kier alpha value is -1.90. The molecule has 0 bridgehead atoms. The molecule has 2 N–H and O–H groups in total. The van der Waals surface area contributed by atoms with E-state index in [1.54, 1.807) is 24.3 Å². The number of nitrogens with zero attached hydrogens (tertiary/aromatic N) is 1.